The van der Waals surface area contributed by atoms with Crippen molar-refractivity contribution in [2.45, 2.75) is 32.6 Å². The maximum Gasteiger partial charge on any atom is 0.390 e. The largest absolute Gasteiger partial charge is 0.390 e. The van der Waals surface area contributed by atoms with Crippen molar-refractivity contribution in [3.05, 3.63) is 54.1 Å². The number of guanidine groups is 1. The van der Waals surface area contributed by atoms with Gasteiger partial charge in [-0.1, -0.05) is 30.3 Å². The summed E-state index contributed by atoms with van der Waals surface area (Å²) < 4.78 is 38.7. The molecule has 0 unspecified atom stereocenters. The van der Waals surface area contributed by atoms with E-state index < -0.39 is 12.6 Å². The average molecular weight is 353 g/mol. The standard InChI is InChI=1S/C17H22F3N5/c1-2-21-16(23-9-8-17(18,19)20)24-12-15-22-10-11-25(15)13-14-6-4-3-5-7-14/h3-7,10-11H,2,8-9,12-13H2,1H3,(H2,21,23,24). The molecule has 0 saturated heterocycles. The molecule has 1 aromatic carbocycles. The number of rotatable bonds is 7. The smallest absolute Gasteiger partial charge is 0.357 e. The number of aliphatic imine (C=N–C) groups is 1. The summed E-state index contributed by atoms with van der Waals surface area (Å²) in [5.41, 5.74) is 1.14. The minimum absolute atomic E-state index is 0.214. The van der Waals surface area contributed by atoms with Crippen molar-refractivity contribution in [3.8, 4) is 0 Å². The summed E-state index contributed by atoms with van der Waals surface area (Å²) in [6.07, 6.45) is -1.53. The number of hydrogen-bond acceptors (Lipinski definition) is 2. The third-order valence-corrected chi connectivity index (χ3v) is 3.42. The number of nitrogens with zero attached hydrogens (tertiary/aromatic N) is 3. The van der Waals surface area contributed by atoms with E-state index >= 15 is 0 Å². The van der Waals surface area contributed by atoms with Gasteiger partial charge < -0.3 is 15.2 Å². The Kier molecular flexibility index (Phi) is 6.85. The van der Waals surface area contributed by atoms with E-state index in [0.717, 1.165) is 11.4 Å². The predicted octanol–water partition coefficient (Wildman–Crippen LogP) is 2.94. The van der Waals surface area contributed by atoms with E-state index in [1.165, 1.54) is 0 Å². The summed E-state index contributed by atoms with van der Waals surface area (Å²) >= 11 is 0. The molecule has 5 nitrogen and oxygen atoms in total. The van der Waals surface area contributed by atoms with Crippen LogP contribution in [0.5, 0.6) is 0 Å². The van der Waals surface area contributed by atoms with Gasteiger partial charge in [0.05, 0.1) is 6.42 Å². The van der Waals surface area contributed by atoms with Gasteiger partial charge in [0.1, 0.15) is 12.4 Å². The van der Waals surface area contributed by atoms with Crippen LogP contribution in [0, 0.1) is 0 Å². The Bertz CT molecular complexity index is 664. The van der Waals surface area contributed by atoms with Crippen molar-refractivity contribution < 1.29 is 13.2 Å². The van der Waals surface area contributed by atoms with Crippen LogP contribution in [0.3, 0.4) is 0 Å². The molecule has 0 aliphatic rings. The number of benzene rings is 1. The molecular formula is C17H22F3N5. The summed E-state index contributed by atoms with van der Waals surface area (Å²) in [6, 6.07) is 9.94. The third kappa shape index (κ3) is 6.86. The Morgan fingerprint density at radius 2 is 1.96 bits per heavy atom. The van der Waals surface area contributed by atoms with Crippen LogP contribution in [-0.2, 0) is 13.1 Å². The number of alkyl halides is 3. The predicted molar refractivity (Wildman–Crippen MR) is 91.3 cm³/mol. The van der Waals surface area contributed by atoms with Gasteiger partial charge in [-0.15, -0.1) is 0 Å². The van der Waals surface area contributed by atoms with Gasteiger partial charge in [0.25, 0.3) is 0 Å². The average Bonchev–Trinajstić information content (AvgIpc) is 2.99. The van der Waals surface area contributed by atoms with E-state index in [-0.39, 0.29) is 13.1 Å². The summed E-state index contributed by atoms with van der Waals surface area (Å²) in [4.78, 5) is 8.61. The molecule has 0 spiro atoms. The molecule has 8 heteroatoms. The number of halogens is 3. The monoisotopic (exact) mass is 353 g/mol. The van der Waals surface area contributed by atoms with E-state index in [0.29, 0.717) is 19.0 Å². The summed E-state index contributed by atoms with van der Waals surface area (Å²) in [5, 5.41) is 5.63. The quantitative estimate of drug-likeness (QED) is 0.594. The first-order valence-corrected chi connectivity index (χ1v) is 8.11. The normalized spacial score (nSPS) is 12.2. The van der Waals surface area contributed by atoms with Gasteiger partial charge in [0.2, 0.25) is 0 Å². The minimum Gasteiger partial charge on any atom is -0.357 e. The van der Waals surface area contributed by atoms with Crippen molar-refractivity contribution in [2.24, 2.45) is 4.99 Å². The Labute approximate surface area is 145 Å². The molecule has 0 atom stereocenters. The minimum atomic E-state index is -4.18. The van der Waals surface area contributed by atoms with Crippen molar-refractivity contribution in [3.63, 3.8) is 0 Å². The molecule has 1 heterocycles. The van der Waals surface area contributed by atoms with Crippen molar-refractivity contribution in [1.29, 1.82) is 0 Å². The van der Waals surface area contributed by atoms with Gasteiger partial charge in [-0.25, -0.2) is 9.98 Å². The molecule has 0 amide bonds. The lowest BCUT2D eigenvalue weighted by atomic mass is 10.2. The van der Waals surface area contributed by atoms with Gasteiger partial charge in [0.15, 0.2) is 5.96 Å². The van der Waals surface area contributed by atoms with Crippen LogP contribution in [0.2, 0.25) is 0 Å². The fourth-order valence-corrected chi connectivity index (χ4v) is 2.23. The van der Waals surface area contributed by atoms with Crippen LogP contribution >= 0.6 is 0 Å². The highest BCUT2D eigenvalue weighted by atomic mass is 19.4. The number of hydrogen-bond donors (Lipinski definition) is 2. The number of aromatic nitrogens is 2. The second-order valence-electron chi connectivity index (χ2n) is 5.44. The Morgan fingerprint density at radius 3 is 2.64 bits per heavy atom. The first-order chi connectivity index (χ1) is 12.0. The van der Waals surface area contributed by atoms with Gasteiger partial charge in [-0.3, -0.25) is 0 Å². The molecule has 0 aliphatic heterocycles. The molecule has 2 aromatic rings. The maximum absolute atomic E-state index is 12.2. The van der Waals surface area contributed by atoms with Gasteiger partial charge in [-0.05, 0) is 12.5 Å². The van der Waals surface area contributed by atoms with Gasteiger partial charge >= 0.3 is 6.18 Å². The lowest BCUT2D eigenvalue weighted by molar-refractivity contribution is -0.132. The second kappa shape index (κ2) is 9.10. The maximum atomic E-state index is 12.2. The molecule has 0 fully saturated rings. The molecule has 0 radical (unpaired) electrons. The van der Waals surface area contributed by atoms with Crippen LogP contribution < -0.4 is 10.6 Å². The molecule has 1 aromatic heterocycles. The van der Waals surface area contributed by atoms with Crippen LogP contribution in [0.25, 0.3) is 0 Å². The van der Waals surface area contributed by atoms with Crippen molar-refractivity contribution in [1.82, 2.24) is 20.2 Å². The Morgan fingerprint density at radius 1 is 1.20 bits per heavy atom. The summed E-state index contributed by atoms with van der Waals surface area (Å²) in [6.45, 7) is 3.16. The molecule has 2 rings (SSSR count). The van der Waals surface area contributed by atoms with Gasteiger partial charge in [-0.2, -0.15) is 13.2 Å². The van der Waals surface area contributed by atoms with E-state index in [9.17, 15) is 13.2 Å². The number of imidazole rings is 1. The molecule has 2 N–H and O–H groups in total. The summed E-state index contributed by atoms with van der Waals surface area (Å²) in [7, 11) is 0. The molecule has 0 aliphatic carbocycles. The molecule has 25 heavy (non-hydrogen) atoms. The molecule has 0 saturated carbocycles. The highest BCUT2D eigenvalue weighted by Gasteiger charge is 2.26. The molecule has 136 valence electrons. The van der Waals surface area contributed by atoms with Crippen LogP contribution in [-0.4, -0.2) is 34.8 Å². The topological polar surface area (TPSA) is 54.2 Å². The Hall–Kier alpha value is -2.51. The molecular weight excluding hydrogens is 331 g/mol. The first-order valence-electron chi connectivity index (χ1n) is 8.11. The zero-order valence-corrected chi connectivity index (χ0v) is 14.1. The highest BCUT2D eigenvalue weighted by molar-refractivity contribution is 5.79. The molecule has 0 bridgehead atoms. The van der Waals surface area contributed by atoms with Crippen molar-refractivity contribution in [2.75, 3.05) is 13.1 Å². The third-order valence-electron chi connectivity index (χ3n) is 3.42. The van der Waals surface area contributed by atoms with E-state index in [4.69, 9.17) is 0 Å². The SMILES string of the molecule is CCNC(=NCc1nccn1Cc1ccccc1)NCCC(F)(F)F. The van der Waals surface area contributed by atoms with Crippen LogP contribution in [0.1, 0.15) is 24.7 Å². The lowest BCUT2D eigenvalue weighted by Gasteiger charge is -2.12. The fourth-order valence-electron chi connectivity index (χ4n) is 2.23. The zero-order chi connectivity index (χ0) is 18.1. The van der Waals surface area contributed by atoms with E-state index in [2.05, 4.69) is 20.6 Å². The Balaban J connectivity index is 1.97. The highest BCUT2D eigenvalue weighted by Crippen LogP contribution is 2.18. The van der Waals surface area contributed by atoms with E-state index in [1.54, 1.807) is 6.20 Å². The fraction of sp³-hybridized carbons (Fsp3) is 0.412. The second-order valence-corrected chi connectivity index (χ2v) is 5.44. The van der Waals surface area contributed by atoms with Gasteiger partial charge in [0, 0.05) is 32.0 Å². The first kappa shape index (κ1) is 18.8. The van der Waals surface area contributed by atoms with Crippen LogP contribution in [0.15, 0.2) is 47.7 Å². The zero-order valence-electron chi connectivity index (χ0n) is 14.1. The van der Waals surface area contributed by atoms with E-state index in [1.807, 2.05) is 48.0 Å². The summed E-state index contributed by atoms with van der Waals surface area (Å²) in [5.74, 6) is 1.10. The van der Waals surface area contributed by atoms with Crippen LogP contribution in [0.4, 0.5) is 13.2 Å². The number of nitrogens with one attached hydrogen (secondary N) is 2. The lowest BCUT2D eigenvalue weighted by Crippen LogP contribution is -2.39. The van der Waals surface area contributed by atoms with Crippen molar-refractivity contribution >= 4 is 5.96 Å².